The minimum atomic E-state index is 0.249. The zero-order chi connectivity index (χ0) is 20.2. The van der Waals surface area contributed by atoms with Crippen molar-refractivity contribution < 1.29 is 9.52 Å². The maximum atomic E-state index is 9.62. The molecule has 6 heteroatoms. The molecule has 0 saturated carbocycles. The van der Waals surface area contributed by atoms with Gasteiger partial charge in [0.15, 0.2) is 0 Å². The van der Waals surface area contributed by atoms with E-state index in [-0.39, 0.29) is 6.61 Å². The van der Waals surface area contributed by atoms with Gasteiger partial charge in [-0.05, 0) is 63.7 Å². The van der Waals surface area contributed by atoms with Crippen molar-refractivity contribution in [1.82, 2.24) is 14.7 Å². The van der Waals surface area contributed by atoms with Crippen LogP contribution in [0.3, 0.4) is 0 Å². The summed E-state index contributed by atoms with van der Waals surface area (Å²) in [5.74, 6) is 1.79. The fraction of sp³-hybridized carbons (Fsp3) is 0.565. The molecule has 1 aromatic carbocycles. The molecule has 1 N–H and O–H groups in total. The van der Waals surface area contributed by atoms with Crippen molar-refractivity contribution in [2.75, 3.05) is 46.4 Å². The number of piperazine rings is 1. The number of halogens is 1. The van der Waals surface area contributed by atoms with E-state index in [1.807, 2.05) is 30.3 Å². The molecule has 2 saturated heterocycles. The number of hydrogen-bond acceptors (Lipinski definition) is 5. The van der Waals surface area contributed by atoms with Gasteiger partial charge in [-0.2, -0.15) is 0 Å². The summed E-state index contributed by atoms with van der Waals surface area (Å²) in [6.07, 6.45) is 3.31. The van der Waals surface area contributed by atoms with E-state index in [1.54, 1.807) is 0 Å². The van der Waals surface area contributed by atoms with E-state index in [0.717, 1.165) is 49.7 Å². The summed E-state index contributed by atoms with van der Waals surface area (Å²) in [6, 6.07) is 12.9. The van der Waals surface area contributed by atoms with E-state index in [4.69, 9.17) is 16.0 Å². The quantitative estimate of drug-likeness (QED) is 0.778. The lowest BCUT2D eigenvalue weighted by atomic mass is 9.98. The first kappa shape index (κ1) is 20.9. The number of nitrogens with zero attached hydrogens (tertiary/aromatic N) is 3. The highest BCUT2D eigenvalue weighted by atomic mass is 35.5. The van der Waals surface area contributed by atoms with Crippen LogP contribution in [0.4, 0.5) is 0 Å². The molecule has 0 aliphatic carbocycles. The van der Waals surface area contributed by atoms with Gasteiger partial charge < -0.3 is 14.4 Å². The van der Waals surface area contributed by atoms with Gasteiger partial charge in [0, 0.05) is 43.9 Å². The van der Waals surface area contributed by atoms with Gasteiger partial charge in [0.2, 0.25) is 0 Å². The van der Waals surface area contributed by atoms with Crippen LogP contribution in [0.1, 0.15) is 25.0 Å². The molecule has 0 radical (unpaired) electrons. The van der Waals surface area contributed by atoms with Gasteiger partial charge in [0.05, 0.1) is 11.6 Å². The van der Waals surface area contributed by atoms with Crippen molar-refractivity contribution in [2.24, 2.45) is 0 Å². The molecule has 1 aromatic heterocycles. The Morgan fingerprint density at radius 1 is 1.07 bits per heavy atom. The van der Waals surface area contributed by atoms with Crippen LogP contribution < -0.4 is 0 Å². The third-order valence-electron chi connectivity index (χ3n) is 6.41. The number of piperidine rings is 1. The molecular weight excluding hydrogens is 386 g/mol. The maximum Gasteiger partial charge on any atom is 0.135 e. The Balaban J connectivity index is 1.39. The molecule has 5 nitrogen and oxygen atoms in total. The second-order valence-corrected chi connectivity index (χ2v) is 8.83. The average molecular weight is 418 g/mol. The van der Waals surface area contributed by atoms with Crippen molar-refractivity contribution in [3.63, 3.8) is 0 Å². The Labute approximate surface area is 178 Å². The highest BCUT2D eigenvalue weighted by Gasteiger charge is 2.33. The number of hydrogen-bond donors (Lipinski definition) is 1. The molecule has 2 aromatic rings. The standard InChI is InChI=1S/C23H32ClN3O2/c1-25-11-8-18(9-12-25)27-14-13-26(16-19(27)10-15-28)17-20-6-7-23(29-20)21-4-2-3-5-22(21)24/h2-7,18-19,28H,8-17H2,1H3. The maximum absolute atomic E-state index is 9.62. The van der Waals surface area contributed by atoms with E-state index >= 15 is 0 Å². The Bertz CT molecular complexity index is 788. The lowest BCUT2D eigenvalue weighted by Gasteiger charge is -2.47. The molecule has 29 heavy (non-hydrogen) atoms. The van der Waals surface area contributed by atoms with Gasteiger partial charge in [-0.15, -0.1) is 0 Å². The van der Waals surface area contributed by atoms with Gasteiger partial charge in [0.1, 0.15) is 11.5 Å². The third kappa shape index (κ3) is 5.04. The third-order valence-corrected chi connectivity index (χ3v) is 6.74. The fourth-order valence-corrected chi connectivity index (χ4v) is 5.01. The van der Waals surface area contributed by atoms with E-state index in [2.05, 4.69) is 27.8 Å². The normalized spacial score (nSPS) is 22.9. The lowest BCUT2D eigenvalue weighted by Crippen LogP contribution is -2.58. The number of benzene rings is 1. The van der Waals surface area contributed by atoms with Crippen molar-refractivity contribution in [1.29, 1.82) is 0 Å². The topological polar surface area (TPSA) is 43.1 Å². The molecule has 1 unspecified atom stereocenters. The molecular formula is C23H32ClN3O2. The van der Waals surface area contributed by atoms with Gasteiger partial charge in [-0.25, -0.2) is 0 Å². The van der Waals surface area contributed by atoms with Crippen LogP contribution in [-0.2, 0) is 6.54 Å². The summed E-state index contributed by atoms with van der Waals surface area (Å²) in [6.45, 7) is 6.48. The summed E-state index contributed by atoms with van der Waals surface area (Å²) < 4.78 is 6.11. The highest BCUT2D eigenvalue weighted by molar-refractivity contribution is 6.33. The molecule has 0 amide bonds. The highest BCUT2D eigenvalue weighted by Crippen LogP contribution is 2.30. The van der Waals surface area contributed by atoms with Gasteiger partial charge in [0.25, 0.3) is 0 Å². The van der Waals surface area contributed by atoms with Crippen molar-refractivity contribution in [3.8, 4) is 11.3 Å². The second kappa shape index (κ2) is 9.63. The van der Waals surface area contributed by atoms with Crippen LogP contribution in [0.2, 0.25) is 5.02 Å². The largest absolute Gasteiger partial charge is 0.460 e. The Morgan fingerprint density at radius 2 is 1.86 bits per heavy atom. The number of furan rings is 1. The van der Waals surface area contributed by atoms with Gasteiger partial charge >= 0.3 is 0 Å². The number of likely N-dealkylation sites (tertiary alicyclic amines) is 1. The first-order valence-electron chi connectivity index (χ1n) is 10.7. The molecule has 3 heterocycles. The minimum absolute atomic E-state index is 0.249. The minimum Gasteiger partial charge on any atom is -0.460 e. The van der Waals surface area contributed by atoms with E-state index < -0.39 is 0 Å². The summed E-state index contributed by atoms with van der Waals surface area (Å²) in [7, 11) is 2.21. The van der Waals surface area contributed by atoms with Crippen LogP contribution in [0.25, 0.3) is 11.3 Å². The van der Waals surface area contributed by atoms with Gasteiger partial charge in [-0.1, -0.05) is 23.7 Å². The molecule has 1 atom stereocenters. The lowest BCUT2D eigenvalue weighted by molar-refractivity contribution is 0.00426. The SMILES string of the molecule is CN1CCC(N2CCN(Cc3ccc(-c4ccccc4Cl)o3)CC2CCO)CC1. The Hall–Kier alpha value is -1.37. The predicted molar refractivity (Wildman–Crippen MR) is 117 cm³/mol. The van der Waals surface area contributed by atoms with Crippen molar-refractivity contribution in [3.05, 3.63) is 47.2 Å². The summed E-state index contributed by atoms with van der Waals surface area (Å²) in [4.78, 5) is 7.54. The smallest absolute Gasteiger partial charge is 0.135 e. The molecule has 2 aliphatic heterocycles. The summed E-state index contributed by atoms with van der Waals surface area (Å²) in [5.41, 5.74) is 0.936. The zero-order valence-corrected chi connectivity index (χ0v) is 18.0. The second-order valence-electron chi connectivity index (χ2n) is 8.42. The Kier molecular flexibility index (Phi) is 6.93. The summed E-state index contributed by atoms with van der Waals surface area (Å²) >= 11 is 6.31. The average Bonchev–Trinajstić information content (AvgIpc) is 3.18. The van der Waals surface area contributed by atoms with Crippen molar-refractivity contribution in [2.45, 2.75) is 37.9 Å². The molecule has 158 valence electrons. The van der Waals surface area contributed by atoms with E-state index in [0.29, 0.717) is 17.1 Å². The fourth-order valence-electron chi connectivity index (χ4n) is 4.78. The number of aliphatic hydroxyl groups excluding tert-OH is 1. The predicted octanol–water partition coefficient (Wildman–Crippen LogP) is 3.56. The first-order chi connectivity index (χ1) is 14.1. The molecule has 0 bridgehead atoms. The van der Waals surface area contributed by atoms with E-state index in [1.165, 1.54) is 25.9 Å². The number of aliphatic hydroxyl groups is 1. The monoisotopic (exact) mass is 417 g/mol. The van der Waals surface area contributed by atoms with Crippen molar-refractivity contribution >= 4 is 11.6 Å². The molecule has 0 spiro atoms. The molecule has 2 fully saturated rings. The van der Waals surface area contributed by atoms with Crippen LogP contribution in [0.5, 0.6) is 0 Å². The van der Waals surface area contributed by atoms with E-state index in [9.17, 15) is 5.11 Å². The molecule has 2 aliphatic rings. The van der Waals surface area contributed by atoms with Crippen LogP contribution in [-0.4, -0.2) is 78.3 Å². The van der Waals surface area contributed by atoms with Crippen LogP contribution in [0, 0.1) is 0 Å². The van der Waals surface area contributed by atoms with Crippen LogP contribution in [0.15, 0.2) is 40.8 Å². The summed E-state index contributed by atoms with van der Waals surface area (Å²) in [5, 5.41) is 10.3. The Morgan fingerprint density at radius 3 is 2.62 bits per heavy atom. The first-order valence-corrected chi connectivity index (χ1v) is 11.1. The molecule has 4 rings (SSSR count). The number of rotatable bonds is 6. The van der Waals surface area contributed by atoms with Crippen LogP contribution >= 0.6 is 11.6 Å². The zero-order valence-electron chi connectivity index (χ0n) is 17.3. The van der Waals surface area contributed by atoms with Gasteiger partial charge in [-0.3, -0.25) is 9.80 Å².